The van der Waals surface area contributed by atoms with Gasteiger partial charge in [-0.25, -0.2) is 0 Å². The summed E-state index contributed by atoms with van der Waals surface area (Å²) in [6, 6.07) is 7.80. The van der Waals surface area contributed by atoms with E-state index < -0.39 is 10.1 Å². The van der Waals surface area contributed by atoms with Crippen LogP contribution in [-0.2, 0) is 14.3 Å². The molecule has 0 N–H and O–H groups in total. The fourth-order valence-electron chi connectivity index (χ4n) is 2.94. The maximum atomic E-state index is 11.5. The van der Waals surface area contributed by atoms with Crippen molar-refractivity contribution in [2.24, 2.45) is 0 Å². The molecule has 2 rings (SSSR count). The predicted molar refractivity (Wildman–Crippen MR) is 78.5 cm³/mol. The number of methoxy groups -OCH3 is 1. The molecule has 20 heavy (non-hydrogen) atoms. The molecule has 5 heteroatoms. The van der Waals surface area contributed by atoms with E-state index in [4.69, 9.17) is 8.92 Å². The van der Waals surface area contributed by atoms with Crippen LogP contribution in [0.5, 0.6) is 5.75 Å². The zero-order chi connectivity index (χ0) is 14.6. The van der Waals surface area contributed by atoms with Crippen molar-refractivity contribution in [2.75, 3.05) is 13.4 Å². The Hall–Kier alpha value is -1.07. The molecule has 0 bridgehead atoms. The highest BCUT2D eigenvalue weighted by atomic mass is 32.2. The molecule has 0 aromatic heterocycles. The van der Waals surface area contributed by atoms with Crippen LogP contribution >= 0.6 is 0 Å². The van der Waals surface area contributed by atoms with Gasteiger partial charge in [-0.15, -0.1) is 0 Å². The van der Waals surface area contributed by atoms with Crippen molar-refractivity contribution >= 4 is 10.1 Å². The van der Waals surface area contributed by atoms with E-state index >= 15 is 0 Å². The normalized spacial score (nSPS) is 24.1. The molecular formula is C15H22O4S. The molecule has 112 valence electrons. The van der Waals surface area contributed by atoms with E-state index in [-0.39, 0.29) is 12.0 Å². The second-order valence-electron chi connectivity index (χ2n) is 5.33. The van der Waals surface area contributed by atoms with Gasteiger partial charge in [-0.05, 0) is 24.5 Å². The first-order valence-electron chi connectivity index (χ1n) is 7.02. The summed E-state index contributed by atoms with van der Waals surface area (Å²) in [5.74, 6) is 0.880. The van der Waals surface area contributed by atoms with Gasteiger partial charge in [0.1, 0.15) is 5.75 Å². The molecule has 0 aliphatic heterocycles. The lowest BCUT2D eigenvalue weighted by atomic mass is 9.89. The predicted octanol–water partition coefficient (Wildman–Crippen LogP) is 3.09. The van der Waals surface area contributed by atoms with Crippen LogP contribution < -0.4 is 4.74 Å². The van der Waals surface area contributed by atoms with Crippen LogP contribution in [-0.4, -0.2) is 27.9 Å². The van der Waals surface area contributed by atoms with Crippen LogP contribution in [0.15, 0.2) is 24.3 Å². The van der Waals surface area contributed by atoms with Gasteiger partial charge in [0.05, 0.1) is 19.5 Å². The zero-order valence-electron chi connectivity index (χ0n) is 12.0. The highest BCUT2D eigenvalue weighted by Gasteiger charge is 2.30. The van der Waals surface area contributed by atoms with Crippen molar-refractivity contribution in [3.05, 3.63) is 29.8 Å². The Morgan fingerprint density at radius 3 is 2.50 bits per heavy atom. The summed E-state index contributed by atoms with van der Waals surface area (Å²) in [5, 5.41) is 0. The van der Waals surface area contributed by atoms with Gasteiger partial charge in [-0.1, -0.05) is 37.5 Å². The minimum atomic E-state index is -3.44. The minimum absolute atomic E-state index is 0.0726. The average molecular weight is 298 g/mol. The first-order chi connectivity index (χ1) is 9.51. The highest BCUT2D eigenvalue weighted by molar-refractivity contribution is 7.86. The van der Waals surface area contributed by atoms with Crippen LogP contribution in [0.4, 0.5) is 0 Å². The molecule has 0 amide bonds. The number of hydrogen-bond acceptors (Lipinski definition) is 4. The molecule has 2 atom stereocenters. The first-order valence-corrected chi connectivity index (χ1v) is 8.84. The zero-order valence-corrected chi connectivity index (χ0v) is 12.9. The molecule has 0 unspecified atom stereocenters. The van der Waals surface area contributed by atoms with Crippen LogP contribution in [0.25, 0.3) is 0 Å². The molecule has 1 aromatic carbocycles. The van der Waals surface area contributed by atoms with E-state index in [1.54, 1.807) is 7.11 Å². The standard InChI is InChI=1S/C15H22O4S/c1-18-14-10-7-6-9-12(14)13-8-4-3-5-11-15(13)19-20(2,16)17/h6-7,9-10,13,15H,3-5,8,11H2,1-2H3/t13-,15-/m1/s1. The molecule has 1 aromatic rings. The minimum Gasteiger partial charge on any atom is -0.496 e. The van der Waals surface area contributed by atoms with Crippen LogP contribution in [0.2, 0.25) is 0 Å². The maximum Gasteiger partial charge on any atom is 0.264 e. The number of para-hydroxylation sites is 1. The van der Waals surface area contributed by atoms with Crippen LogP contribution in [0.1, 0.15) is 43.6 Å². The van der Waals surface area contributed by atoms with Gasteiger partial charge < -0.3 is 4.74 Å². The Morgan fingerprint density at radius 2 is 1.80 bits per heavy atom. The van der Waals surface area contributed by atoms with E-state index in [1.165, 1.54) is 0 Å². The lowest BCUT2D eigenvalue weighted by Gasteiger charge is -2.26. The molecule has 1 aliphatic rings. The molecule has 1 fully saturated rings. The lowest BCUT2D eigenvalue weighted by molar-refractivity contribution is 0.168. The van der Waals surface area contributed by atoms with Gasteiger partial charge in [0.2, 0.25) is 0 Å². The number of hydrogen-bond donors (Lipinski definition) is 0. The van der Waals surface area contributed by atoms with Gasteiger partial charge >= 0.3 is 0 Å². The van der Waals surface area contributed by atoms with E-state index in [0.717, 1.165) is 49.7 Å². The molecule has 1 saturated carbocycles. The van der Waals surface area contributed by atoms with Gasteiger partial charge in [0, 0.05) is 5.92 Å². The summed E-state index contributed by atoms with van der Waals surface area (Å²) in [4.78, 5) is 0. The Bertz CT molecular complexity index is 539. The van der Waals surface area contributed by atoms with Crippen molar-refractivity contribution in [1.82, 2.24) is 0 Å². The number of rotatable bonds is 4. The Balaban J connectivity index is 2.32. The van der Waals surface area contributed by atoms with Crippen molar-refractivity contribution in [3.8, 4) is 5.75 Å². The molecule has 0 heterocycles. The fraction of sp³-hybridized carbons (Fsp3) is 0.600. The molecule has 1 aliphatic carbocycles. The van der Waals surface area contributed by atoms with Gasteiger partial charge in [0.25, 0.3) is 10.1 Å². The monoisotopic (exact) mass is 298 g/mol. The lowest BCUT2D eigenvalue weighted by Crippen LogP contribution is -2.24. The summed E-state index contributed by atoms with van der Waals surface area (Å²) in [6.45, 7) is 0. The van der Waals surface area contributed by atoms with Crippen molar-refractivity contribution < 1.29 is 17.3 Å². The Kier molecular flexibility index (Phi) is 5.05. The van der Waals surface area contributed by atoms with E-state index in [0.29, 0.717) is 0 Å². The summed E-state index contributed by atoms with van der Waals surface area (Å²) >= 11 is 0. The van der Waals surface area contributed by atoms with Gasteiger partial charge in [-0.2, -0.15) is 8.42 Å². The van der Waals surface area contributed by atoms with E-state index in [1.807, 2.05) is 24.3 Å². The molecule has 0 spiro atoms. The fourth-order valence-corrected chi connectivity index (χ4v) is 3.62. The van der Waals surface area contributed by atoms with Crippen molar-refractivity contribution in [2.45, 2.75) is 44.1 Å². The van der Waals surface area contributed by atoms with Crippen LogP contribution in [0.3, 0.4) is 0 Å². The number of ether oxygens (including phenoxy) is 1. The van der Waals surface area contributed by atoms with E-state index in [2.05, 4.69) is 0 Å². The van der Waals surface area contributed by atoms with Gasteiger partial charge in [0.15, 0.2) is 0 Å². The van der Waals surface area contributed by atoms with Crippen molar-refractivity contribution in [1.29, 1.82) is 0 Å². The maximum absolute atomic E-state index is 11.5. The summed E-state index contributed by atoms with van der Waals surface area (Å²) < 4.78 is 33.7. The average Bonchev–Trinajstić information content (AvgIpc) is 2.62. The SMILES string of the molecule is COc1ccccc1[C@H]1CCCCC[C@H]1OS(C)(=O)=O. The third kappa shape index (κ3) is 3.96. The first kappa shape index (κ1) is 15.3. The smallest absolute Gasteiger partial charge is 0.264 e. The van der Waals surface area contributed by atoms with E-state index in [9.17, 15) is 8.42 Å². The van der Waals surface area contributed by atoms with Gasteiger partial charge in [-0.3, -0.25) is 4.18 Å². The molecule has 0 radical (unpaired) electrons. The molecular weight excluding hydrogens is 276 g/mol. The van der Waals surface area contributed by atoms with Crippen molar-refractivity contribution in [3.63, 3.8) is 0 Å². The number of benzene rings is 1. The summed E-state index contributed by atoms with van der Waals surface area (Å²) in [5.41, 5.74) is 1.05. The summed E-state index contributed by atoms with van der Waals surface area (Å²) in [6.07, 6.45) is 5.75. The third-order valence-electron chi connectivity index (χ3n) is 3.79. The second-order valence-corrected chi connectivity index (χ2v) is 6.93. The largest absolute Gasteiger partial charge is 0.496 e. The Morgan fingerprint density at radius 1 is 1.10 bits per heavy atom. The molecule has 4 nitrogen and oxygen atoms in total. The summed E-state index contributed by atoms with van der Waals surface area (Å²) in [7, 11) is -1.80. The Labute approximate surface area is 121 Å². The third-order valence-corrected chi connectivity index (χ3v) is 4.39. The highest BCUT2D eigenvalue weighted by Crippen LogP contribution is 2.38. The quantitative estimate of drug-likeness (QED) is 0.633. The topological polar surface area (TPSA) is 52.6 Å². The van der Waals surface area contributed by atoms with Crippen LogP contribution in [0, 0.1) is 0 Å². The molecule has 0 saturated heterocycles. The second kappa shape index (κ2) is 6.59.